The van der Waals surface area contributed by atoms with Crippen molar-refractivity contribution in [2.45, 2.75) is 88.4 Å². The van der Waals surface area contributed by atoms with E-state index in [-0.39, 0.29) is 51.9 Å². The van der Waals surface area contributed by atoms with Crippen LogP contribution in [0.15, 0.2) is 86.0 Å². The largest absolute Gasteiger partial charge is 0.525 e. The van der Waals surface area contributed by atoms with Crippen LogP contribution in [0, 0.1) is 0 Å². The van der Waals surface area contributed by atoms with Gasteiger partial charge >= 0.3 is 30.0 Å². The summed E-state index contributed by atoms with van der Waals surface area (Å²) < 4.78 is 16.1. The maximum absolute atomic E-state index is 14.0. The molecule has 0 aliphatic heterocycles. The number of nitrogens with zero attached hydrogens (tertiary/aromatic N) is 1. The quantitative estimate of drug-likeness (QED) is 0.0255. The number of carbonyl (C=O) groups is 5. The van der Waals surface area contributed by atoms with Gasteiger partial charge in [0.2, 0.25) is 0 Å². The predicted molar refractivity (Wildman–Crippen MR) is 198 cm³/mol. The summed E-state index contributed by atoms with van der Waals surface area (Å²) in [5.74, 6) is -3.66. The van der Waals surface area contributed by atoms with E-state index >= 15 is 0 Å². The standard InChI is InChI=1S/C39H54N4O10/c1-3-27-50-35(44)32(23-21-29-15-7-5-8-16-29)42-31(19-11-13-25-40)36(45)52-38(47)33(20-12-14-26-41)43(53-39(48)49)34(37(46)51-28-4-2)24-22-30-17-9-6-10-18-30/h3-10,15-18,31-34,42H,1-2,11-14,19-28,40-41H2,(H,48,49)/t31-,32?,33-,34?/m0/s1. The second-order valence-electron chi connectivity index (χ2n) is 12.2. The number of nitrogens with one attached hydrogen (secondary N) is 1. The summed E-state index contributed by atoms with van der Waals surface area (Å²) in [5.41, 5.74) is 13.2. The van der Waals surface area contributed by atoms with Crippen molar-refractivity contribution in [3.05, 3.63) is 97.1 Å². The molecule has 2 aromatic rings. The van der Waals surface area contributed by atoms with E-state index in [2.05, 4.69) is 18.5 Å². The van der Waals surface area contributed by atoms with Crippen LogP contribution in [-0.4, -0.2) is 90.7 Å². The van der Waals surface area contributed by atoms with Crippen molar-refractivity contribution in [2.24, 2.45) is 11.5 Å². The van der Waals surface area contributed by atoms with E-state index in [1.54, 1.807) is 0 Å². The van der Waals surface area contributed by atoms with Crippen LogP contribution in [0.3, 0.4) is 0 Å². The zero-order valence-electron chi connectivity index (χ0n) is 30.3. The molecule has 0 aliphatic carbocycles. The smallest absolute Gasteiger partial charge is 0.460 e. The van der Waals surface area contributed by atoms with Gasteiger partial charge in [0, 0.05) is 0 Å². The van der Waals surface area contributed by atoms with Gasteiger partial charge < -0.3 is 35.6 Å². The maximum Gasteiger partial charge on any atom is 0.525 e. The molecule has 0 saturated heterocycles. The molecule has 2 aromatic carbocycles. The Balaban J connectivity index is 2.45. The van der Waals surface area contributed by atoms with Crippen LogP contribution in [0.2, 0.25) is 0 Å². The fraction of sp³-hybridized carbons (Fsp3) is 0.462. The van der Waals surface area contributed by atoms with Crippen LogP contribution in [0.5, 0.6) is 0 Å². The highest BCUT2D eigenvalue weighted by molar-refractivity contribution is 5.91. The summed E-state index contributed by atoms with van der Waals surface area (Å²) >= 11 is 0. The maximum atomic E-state index is 14.0. The topological polar surface area (TPSA) is 210 Å². The number of hydrogen-bond donors (Lipinski definition) is 4. The number of ether oxygens (including phenoxy) is 3. The van der Waals surface area contributed by atoms with Crippen molar-refractivity contribution >= 4 is 30.0 Å². The van der Waals surface area contributed by atoms with Crippen LogP contribution in [0.4, 0.5) is 4.79 Å². The number of carboxylic acid groups (broad SMARTS) is 1. The van der Waals surface area contributed by atoms with E-state index in [1.807, 2.05) is 60.7 Å². The summed E-state index contributed by atoms with van der Waals surface area (Å²) in [6, 6.07) is 13.5. The van der Waals surface area contributed by atoms with Gasteiger partial charge in [-0.15, -0.1) is 5.06 Å². The number of unbranched alkanes of at least 4 members (excludes halogenated alkanes) is 2. The molecule has 0 spiro atoms. The van der Waals surface area contributed by atoms with Gasteiger partial charge in [0.25, 0.3) is 0 Å². The third-order valence-corrected chi connectivity index (χ3v) is 8.19. The average Bonchev–Trinajstić information content (AvgIpc) is 3.15. The molecule has 14 nitrogen and oxygen atoms in total. The number of hydrogen-bond acceptors (Lipinski definition) is 13. The zero-order chi connectivity index (χ0) is 38.8. The summed E-state index contributed by atoms with van der Waals surface area (Å²) in [7, 11) is 0. The molecule has 0 aliphatic rings. The summed E-state index contributed by atoms with van der Waals surface area (Å²) in [4.78, 5) is 71.5. The lowest BCUT2D eigenvalue weighted by Gasteiger charge is -2.33. The third kappa shape index (κ3) is 17.0. The number of nitrogens with two attached hydrogens (primary N) is 2. The first-order valence-corrected chi connectivity index (χ1v) is 17.9. The minimum absolute atomic E-state index is 0.0128. The van der Waals surface area contributed by atoms with Crippen molar-refractivity contribution in [2.75, 3.05) is 26.3 Å². The molecule has 53 heavy (non-hydrogen) atoms. The molecule has 0 aromatic heterocycles. The van der Waals surface area contributed by atoms with E-state index in [1.165, 1.54) is 12.2 Å². The van der Waals surface area contributed by atoms with Crippen molar-refractivity contribution in [3.63, 3.8) is 0 Å². The second-order valence-corrected chi connectivity index (χ2v) is 12.2. The number of carbonyl (C=O) groups excluding carboxylic acids is 4. The first-order valence-electron chi connectivity index (χ1n) is 17.9. The van der Waals surface area contributed by atoms with Gasteiger partial charge in [0.15, 0.2) is 0 Å². The molecule has 2 rings (SSSR count). The molecule has 14 heteroatoms. The Morgan fingerprint density at radius 2 is 1.15 bits per heavy atom. The Morgan fingerprint density at radius 1 is 0.660 bits per heavy atom. The SMILES string of the molecule is C=CCOC(=O)C(CCc1ccccc1)N[C@@H](CCCCN)C(=O)OC(=O)[C@H](CCCCN)N(OC(=O)O)C(CCc1ccccc1)C(=O)OCC=C. The van der Waals surface area contributed by atoms with Crippen molar-refractivity contribution < 1.29 is 48.1 Å². The van der Waals surface area contributed by atoms with Crippen LogP contribution < -0.4 is 16.8 Å². The fourth-order valence-corrected chi connectivity index (χ4v) is 5.51. The molecule has 2 unspecified atom stereocenters. The molecule has 0 saturated carbocycles. The highest BCUT2D eigenvalue weighted by Crippen LogP contribution is 2.22. The number of aryl methyl sites for hydroxylation is 2. The lowest BCUT2D eigenvalue weighted by Crippen LogP contribution is -2.54. The zero-order valence-corrected chi connectivity index (χ0v) is 30.3. The van der Waals surface area contributed by atoms with E-state index in [0.717, 1.165) is 16.2 Å². The Labute approximate surface area is 311 Å². The van der Waals surface area contributed by atoms with Gasteiger partial charge in [-0.1, -0.05) is 92.4 Å². The lowest BCUT2D eigenvalue weighted by molar-refractivity contribution is -0.206. The molecule has 0 heterocycles. The molecule has 0 bridgehead atoms. The van der Waals surface area contributed by atoms with Gasteiger partial charge in [-0.25, -0.2) is 14.4 Å². The predicted octanol–water partition coefficient (Wildman–Crippen LogP) is 4.01. The highest BCUT2D eigenvalue weighted by Gasteiger charge is 2.42. The minimum atomic E-state index is -1.80. The highest BCUT2D eigenvalue weighted by atomic mass is 16.8. The number of benzene rings is 2. The van der Waals surface area contributed by atoms with Crippen LogP contribution in [0.1, 0.15) is 62.5 Å². The molecule has 0 radical (unpaired) electrons. The molecule has 0 amide bonds. The normalized spacial score (nSPS) is 13.2. The van der Waals surface area contributed by atoms with E-state index in [4.69, 9.17) is 30.5 Å². The first kappa shape index (κ1) is 44.3. The number of rotatable bonds is 27. The second kappa shape index (κ2) is 26.0. The van der Waals surface area contributed by atoms with Gasteiger partial charge in [-0.2, -0.15) is 0 Å². The monoisotopic (exact) mass is 738 g/mol. The summed E-state index contributed by atoms with van der Waals surface area (Å²) in [6.07, 6.45) is 3.79. The van der Waals surface area contributed by atoms with Gasteiger partial charge in [0.05, 0.1) is 0 Å². The Hall–Kier alpha value is -4.89. The fourth-order valence-electron chi connectivity index (χ4n) is 5.51. The molecule has 0 fully saturated rings. The molecular formula is C39H54N4O10. The molecule has 6 N–H and O–H groups in total. The number of esters is 4. The van der Waals surface area contributed by atoms with Crippen LogP contribution in [-0.2, 0) is 51.1 Å². The van der Waals surface area contributed by atoms with E-state index < -0.39 is 54.2 Å². The Bertz CT molecular complexity index is 1430. The summed E-state index contributed by atoms with van der Waals surface area (Å²) in [5, 5.41) is 13.5. The van der Waals surface area contributed by atoms with E-state index in [9.17, 15) is 29.1 Å². The van der Waals surface area contributed by atoms with Crippen molar-refractivity contribution in [1.29, 1.82) is 0 Å². The minimum Gasteiger partial charge on any atom is -0.460 e. The number of hydroxylamine groups is 2. The Kier molecular flexibility index (Phi) is 21.7. The van der Waals surface area contributed by atoms with Crippen LogP contribution >= 0.6 is 0 Å². The first-order chi connectivity index (χ1) is 25.6. The molecular weight excluding hydrogens is 684 g/mol. The van der Waals surface area contributed by atoms with Crippen LogP contribution in [0.25, 0.3) is 0 Å². The summed E-state index contributed by atoms with van der Waals surface area (Å²) in [6.45, 7) is 7.52. The molecule has 4 atom stereocenters. The Morgan fingerprint density at radius 3 is 1.68 bits per heavy atom. The van der Waals surface area contributed by atoms with Gasteiger partial charge in [-0.05, 0) is 82.0 Å². The van der Waals surface area contributed by atoms with Gasteiger partial charge in [0.1, 0.15) is 37.4 Å². The third-order valence-electron chi connectivity index (χ3n) is 8.19. The average molecular weight is 739 g/mol. The van der Waals surface area contributed by atoms with Gasteiger partial charge in [-0.3, -0.25) is 14.9 Å². The van der Waals surface area contributed by atoms with Crippen molar-refractivity contribution in [3.8, 4) is 0 Å². The van der Waals surface area contributed by atoms with E-state index in [0.29, 0.717) is 38.6 Å². The van der Waals surface area contributed by atoms with Crippen molar-refractivity contribution in [1.82, 2.24) is 10.4 Å². The lowest BCUT2D eigenvalue weighted by atomic mass is 10.0. The molecule has 290 valence electrons.